The summed E-state index contributed by atoms with van der Waals surface area (Å²) >= 11 is 5.97. The molecular formula is C22H23ClN4O2. The topological polar surface area (TPSA) is 69.0 Å². The number of carbonyl (C=O) groups excluding carboxylic acids is 1. The molecule has 0 saturated carbocycles. The molecule has 1 aliphatic heterocycles. The minimum absolute atomic E-state index is 0.234. The summed E-state index contributed by atoms with van der Waals surface area (Å²) in [7, 11) is 0. The molecule has 1 unspecified atom stereocenters. The van der Waals surface area contributed by atoms with Crippen molar-refractivity contribution in [3.8, 4) is 17.1 Å². The van der Waals surface area contributed by atoms with Gasteiger partial charge in [-0.2, -0.15) is 0 Å². The van der Waals surface area contributed by atoms with Gasteiger partial charge in [0, 0.05) is 29.2 Å². The summed E-state index contributed by atoms with van der Waals surface area (Å²) in [4.78, 5) is 12.6. The molecule has 6 nitrogen and oxygen atoms in total. The fourth-order valence-electron chi connectivity index (χ4n) is 3.48. The molecule has 0 fully saturated rings. The van der Waals surface area contributed by atoms with Crippen molar-refractivity contribution < 1.29 is 9.53 Å². The number of amides is 1. The van der Waals surface area contributed by atoms with Crippen molar-refractivity contribution in [3.05, 3.63) is 59.4 Å². The minimum atomic E-state index is -0.665. The average Bonchev–Trinajstić information content (AvgIpc) is 2.96. The van der Waals surface area contributed by atoms with Gasteiger partial charge in [0.15, 0.2) is 11.9 Å². The number of fused-ring (bicyclic) bond motifs is 1. The van der Waals surface area contributed by atoms with Crippen LogP contribution in [0.15, 0.2) is 48.5 Å². The highest BCUT2D eigenvalue weighted by Gasteiger charge is 2.18. The number of nitrogens with zero attached hydrogens (tertiary/aromatic N) is 3. The molecule has 29 heavy (non-hydrogen) atoms. The predicted molar refractivity (Wildman–Crippen MR) is 113 cm³/mol. The van der Waals surface area contributed by atoms with Gasteiger partial charge in [-0.1, -0.05) is 36.2 Å². The second-order valence-electron chi connectivity index (χ2n) is 7.19. The lowest BCUT2D eigenvalue weighted by Gasteiger charge is -2.15. The average molecular weight is 411 g/mol. The van der Waals surface area contributed by atoms with Gasteiger partial charge < -0.3 is 14.6 Å². The van der Waals surface area contributed by atoms with Crippen LogP contribution in [0.1, 0.15) is 32.0 Å². The first-order valence-electron chi connectivity index (χ1n) is 9.86. The van der Waals surface area contributed by atoms with Crippen molar-refractivity contribution in [1.29, 1.82) is 0 Å². The fourth-order valence-corrected chi connectivity index (χ4v) is 3.66. The van der Waals surface area contributed by atoms with Gasteiger partial charge in [0.2, 0.25) is 0 Å². The summed E-state index contributed by atoms with van der Waals surface area (Å²) in [6, 6.07) is 14.7. The Bertz CT molecular complexity index is 1020. The van der Waals surface area contributed by atoms with E-state index in [0.717, 1.165) is 43.0 Å². The summed E-state index contributed by atoms with van der Waals surface area (Å²) < 4.78 is 7.89. The molecule has 1 atom stereocenters. The Kier molecular flexibility index (Phi) is 5.81. The fraction of sp³-hybridized carbons (Fsp3) is 0.318. The van der Waals surface area contributed by atoms with Crippen molar-refractivity contribution in [2.75, 3.05) is 5.32 Å². The maximum atomic E-state index is 12.6. The van der Waals surface area contributed by atoms with Gasteiger partial charge in [0.05, 0.1) is 0 Å². The summed E-state index contributed by atoms with van der Waals surface area (Å²) in [5.74, 6) is 2.21. The van der Waals surface area contributed by atoms with Gasteiger partial charge in [0.1, 0.15) is 11.6 Å². The van der Waals surface area contributed by atoms with E-state index in [1.165, 1.54) is 6.42 Å². The lowest BCUT2D eigenvalue weighted by molar-refractivity contribution is -0.122. The van der Waals surface area contributed by atoms with Gasteiger partial charge in [0.25, 0.3) is 5.91 Å². The number of hydrogen-bond donors (Lipinski definition) is 1. The van der Waals surface area contributed by atoms with E-state index in [1.54, 1.807) is 31.2 Å². The van der Waals surface area contributed by atoms with Crippen molar-refractivity contribution >= 4 is 23.2 Å². The summed E-state index contributed by atoms with van der Waals surface area (Å²) in [5.41, 5.74) is 1.63. The van der Waals surface area contributed by atoms with Crippen LogP contribution < -0.4 is 10.1 Å². The molecule has 2 aromatic carbocycles. The van der Waals surface area contributed by atoms with Gasteiger partial charge >= 0.3 is 0 Å². The number of nitrogens with one attached hydrogen (secondary N) is 1. The molecule has 1 aromatic heterocycles. The predicted octanol–water partition coefficient (Wildman–Crippen LogP) is 4.73. The quantitative estimate of drug-likeness (QED) is 0.660. The van der Waals surface area contributed by atoms with Crippen molar-refractivity contribution in [3.63, 3.8) is 0 Å². The zero-order chi connectivity index (χ0) is 20.2. The third-order valence-corrected chi connectivity index (χ3v) is 5.21. The normalized spacial score (nSPS) is 14.6. The van der Waals surface area contributed by atoms with Crippen LogP contribution in [0.5, 0.6) is 5.75 Å². The third kappa shape index (κ3) is 4.59. The van der Waals surface area contributed by atoms with Gasteiger partial charge in [-0.05, 0) is 50.1 Å². The van der Waals surface area contributed by atoms with Crippen LogP contribution >= 0.6 is 11.6 Å². The number of aryl methyl sites for hydroxylation is 1. The number of hydrogen-bond acceptors (Lipinski definition) is 4. The van der Waals surface area contributed by atoms with Crippen molar-refractivity contribution in [2.45, 2.75) is 45.3 Å². The summed E-state index contributed by atoms with van der Waals surface area (Å²) in [5, 5.41) is 12.2. The maximum Gasteiger partial charge on any atom is 0.265 e. The maximum absolute atomic E-state index is 12.6. The van der Waals surface area contributed by atoms with Crippen LogP contribution in [-0.4, -0.2) is 26.8 Å². The van der Waals surface area contributed by atoms with Gasteiger partial charge in [-0.25, -0.2) is 0 Å². The smallest absolute Gasteiger partial charge is 0.265 e. The first kappa shape index (κ1) is 19.5. The highest BCUT2D eigenvalue weighted by atomic mass is 35.5. The standard InChI is InChI=1S/C22H23ClN4O2/c1-15(29-19-10-6-8-17(23)14-19)22(28)24-18-9-5-7-16(13-18)21-26-25-20-11-3-2-4-12-27(20)21/h5-10,13-15H,2-4,11-12H2,1H3,(H,24,28). The van der Waals surface area contributed by atoms with Crippen LogP contribution in [-0.2, 0) is 17.8 Å². The molecule has 1 aliphatic rings. The number of halogens is 1. The van der Waals surface area contributed by atoms with E-state index >= 15 is 0 Å². The Morgan fingerprint density at radius 1 is 1.14 bits per heavy atom. The Morgan fingerprint density at radius 3 is 2.86 bits per heavy atom. The molecule has 0 spiro atoms. The Balaban J connectivity index is 1.48. The number of benzene rings is 2. The number of ether oxygens (including phenoxy) is 1. The van der Waals surface area contributed by atoms with Gasteiger partial charge in [-0.15, -0.1) is 10.2 Å². The van der Waals surface area contributed by atoms with Gasteiger partial charge in [-0.3, -0.25) is 4.79 Å². The molecular weight excluding hydrogens is 388 g/mol. The van der Waals surface area contributed by atoms with Crippen LogP contribution in [0.2, 0.25) is 5.02 Å². The third-order valence-electron chi connectivity index (χ3n) is 4.98. The summed E-state index contributed by atoms with van der Waals surface area (Å²) in [6.07, 6.45) is 3.79. The Hall–Kier alpha value is -2.86. The zero-order valence-electron chi connectivity index (χ0n) is 16.3. The van der Waals surface area contributed by atoms with E-state index in [2.05, 4.69) is 20.1 Å². The van der Waals surface area contributed by atoms with Crippen molar-refractivity contribution in [2.24, 2.45) is 0 Å². The van der Waals surface area contributed by atoms with E-state index in [1.807, 2.05) is 24.3 Å². The number of anilines is 1. The molecule has 4 rings (SSSR count). The molecule has 1 N–H and O–H groups in total. The lowest BCUT2D eigenvalue weighted by atomic mass is 10.1. The molecule has 150 valence electrons. The molecule has 7 heteroatoms. The van der Waals surface area contributed by atoms with Crippen LogP contribution in [0.4, 0.5) is 5.69 Å². The van der Waals surface area contributed by atoms with E-state index in [9.17, 15) is 4.79 Å². The highest BCUT2D eigenvalue weighted by Crippen LogP contribution is 2.25. The molecule has 0 aliphatic carbocycles. The Morgan fingerprint density at radius 2 is 2.00 bits per heavy atom. The monoisotopic (exact) mass is 410 g/mol. The van der Waals surface area contributed by atoms with E-state index < -0.39 is 6.10 Å². The molecule has 2 heterocycles. The molecule has 3 aromatic rings. The first-order valence-corrected chi connectivity index (χ1v) is 10.2. The molecule has 0 bridgehead atoms. The molecule has 1 amide bonds. The Labute approximate surface area is 174 Å². The van der Waals surface area contributed by atoms with Crippen molar-refractivity contribution in [1.82, 2.24) is 14.8 Å². The van der Waals surface area contributed by atoms with E-state index in [4.69, 9.17) is 16.3 Å². The van der Waals surface area contributed by atoms with E-state index in [-0.39, 0.29) is 5.91 Å². The first-order chi connectivity index (χ1) is 14.1. The number of aromatic nitrogens is 3. The lowest BCUT2D eigenvalue weighted by Crippen LogP contribution is -2.30. The zero-order valence-corrected chi connectivity index (χ0v) is 17.0. The molecule has 0 radical (unpaired) electrons. The van der Waals surface area contributed by atoms with Crippen LogP contribution in [0.3, 0.4) is 0 Å². The SMILES string of the molecule is CC(Oc1cccc(Cl)c1)C(=O)Nc1cccc(-c2nnc3n2CCCCC3)c1. The van der Waals surface area contributed by atoms with Crippen LogP contribution in [0.25, 0.3) is 11.4 Å². The second-order valence-corrected chi connectivity index (χ2v) is 7.63. The summed E-state index contributed by atoms with van der Waals surface area (Å²) in [6.45, 7) is 2.64. The second kappa shape index (κ2) is 8.66. The molecule has 0 saturated heterocycles. The number of rotatable bonds is 5. The van der Waals surface area contributed by atoms with E-state index in [0.29, 0.717) is 16.5 Å². The largest absolute Gasteiger partial charge is 0.481 e. The highest BCUT2D eigenvalue weighted by molar-refractivity contribution is 6.30. The minimum Gasteiger partial charge on any atom is -0.481 e. The number of carbonyl (C=O) groups is 1. The van der Waals surface area contributed by atoms with Crippen LogP contribution in [0, 0.1) is 0 Å².